The average molecular weight is 431 g/mol. The highest BCUT2D eigenvalue weighted by molar-refractivity contribution is 7.11. The van der Waals surface area contributed by atoms with Gasteiger partial charge >= 0.3 is 0 Å². The number of fused-ring (bicyclic) bond motifs is 1. The van der Waals surface area contributed by atoms with Crippen molar-refractivity contribution in [1.82, 2.24) is 10.3 Å². The number of nitrogens with zero attached hydrogens (tertiary/aromatic N) is 1. The smallest absolute Gasteiger partial charge is 0.220 e. The summed E-state index contributed by atoms with van der Waals surface area (Å²) in [7, 11) is 1.54. The summed E-state index contributed by atoms with van der Waals surface area (Å²) >= 11 is 1.84. The molecule has 1 aliphatic carbocycles. The number of ketones is 1. The number of methoxy groups -OCH3 is 1. The number of benzene rings is 1. The van der Waals surface area contributed by atoms with Crippen molar-refractivity contribution in [3.05, 3.63) is 39.3 Å². The maximum atomic E-state index is 12.0. The second-order valence-electron chi connectivity index (χ2n) is 7.51. The van der Waals surface area contributed by atoms with E-state index in [-0.39, 0.29) is 11.7 Å². The first-order chi connectivity index (χ1) is 14.6. The third-order valence-electron chi connectivity index (χ3n) is 5.16. The SMILES string of the molecule is COc1cc(C(C)=O)ccc1OCCCC(=O)NCCCc1nc2c(s1)CCCC2. The van der Waals surface area contributed by atoms with E-state index in [0.29, 0.717) is 43.1 Å². The van der Waals surface area contributed by atoms with Crippen molar-refractivity contribution in [3.8, 4) is 11.5 Å². The Labute approximate surface area is 182 Å². The number of hydrogen-bond acceptors (Lipinski definition) is 6. The Morgan fingerprint density at radius 2 is 2.00 bits per heavy atom. The van der Waals surface area contributed by atoms with Crippen LogP contribution in [0.1, 0.15) is 65.0 Å². The Bertz CT molecular complexity index is 855. The predicted octanol–water partition coefficient (Wildman–Crippen LogP) is 4.14. The van der Waals surface area contributed by atoms with Gasteiger partial charge in [-0.2, -0.15) is 0 Å². The standard InChI is InChI=1S/C23H30N2O4S/c1-16(26)17-11-12-19(20(15-17)28-2)29-14-6-9-22(27)24-13-5-10-23-25-18-7-3-4-8-21(18)30-23/h11-12,15H,3-10,13-14H2,1-2H3,(H,24,27). The Balaban J connectivity index is 1.30. The number of carbonyl (C=O) groups is 2. The Kier molecular flexibility index (Phi) is 8.25. The number of ether oxygens (including phenoxy) is 2. The number of amides is 1. The van der Waals surface area contributed by atoms with Crippen molar-refractivity contribution < 1.29 is 19.1 Å². The summed E-state index contributed by atoms with van der Waals surface area (Å²) in [6, 6.07) is 5.11. The van der Waals surface area contributed by atoms with Crippen LogP contribution in [0.15, 0.2) is 18.2 Å². The monoisotopic (exact) mass is 430 g/mol. The molecule has 6 nitrogen and oxygen atoms in total. The van der Waals surface area contributed by atoms with Gasteiger partial charge in [-0.05, 0) is 63.6 Å². The van der Waals surface area contributed by atoms with E-state index in [1.807, 2.05) is 11.3 Å². The molecule has 3 rings (SSSR count). The number of carbonyl (C=O) groups excluding carboxylic acids is 2. The summed E-state index contributed by atoms with van der Waals surface area (Å²) in [6.07, 6.45) is 7.71. The molecule has 0 radical (unpaired) electrons. The van der Waals surface area contributed by atoms with Gasteiger partial charge in [-0.25, -0.2) is 4.98 Å². The molecule has 1 amide bonds. The van der Waals surface area contributed by atoms with Crippen molar-refractivity contribution in [2.24, 2.45) is 0 Å². The molecule has 1 aromatic carbocycles. The maximum absolute atomic E-state index is 12.0. The van der Waals surface area contributed by atoms with Crippen LogP contribution >= 0.6 is 11.3 Å². The van der Waals surface area contributed by atoms with Crippen LogP contribution in [0.25, 0.3) is 0 Å². The molecule has 0 spiro atoms. The van der Waals surface area contributed by atoms with Gasteiger partial charge < -0.3 is 14.8 Å². The van der Waals surface area contributed by atoms with E-state index in [1.165, 1.54) is 41.8 Å². The summed E-state index contributed by atoms with van der Waals surface area (Å²) in [5.74, 6) is 1.12. The largest absolute Gasteiger partial charge is 0.493 e. The third kappa shape index (κ3) is 6.29. The van der Waals surface area contributed by atoms with Gasteiger partial charge in [0.1, 0.15) is 0 Å². The van der Waals surface area contributed by atoms with Crippen molar-refractivity contribution in [1.29, 1.82) is 0 Å². The van der Waals surface area contributed by atoms with Crippen LogP contribution in [-0.2, 0) is 24.1 Å². The normalized spacial score (nSPS) is 12.9. The van der Waals surface area contributed by atoms with Crippen LogP contribution in [0.4, 0.5) is 0 Å². The van der Waals surface area contributed by atoms with Crippen LogP contribution in [0.3, 0.4) is 0 Å². The summed E-state index contributed by atoms with van der Waals surface area (Å²) in [6.45, 7) is 2.59. The number of thiazole rings is 1. The first-order valence-electron chi connectivity index (χ1n) is 10.6. The lowest BCUT2D eigenvalue weighted by Crippen LogP contribution is -2.24. The molecule has 7 heteroatoms. The third-order valence-corrected chi connectivity index (χ3v) is 6.37. The molecule has 0 saturated carbocycles. The average Bonchev–Trinajstić information content (AvgIpc) is 3.17. The fourth-order valence-electron chi connectivity index (χ4n) is 3.49. The molecule has 1 aromatic heterocycles. The summed E-state index contributed by atoms with van der Waals surface area (Å²) < 4.78 is 11.0. The number of aryl methyl sites for hydroxylation is 3. The lowest BCUT2D eigenvalue weighted by molar-refractivity contribution is -0.121. The van der Waals surface area contributed by atoms with Gasteiger partial charge in [-0.15, -0.1) is 11.3 Å². The van der Waals surface area contributed by atoms with Gasteiger partial charge in [0.15, 0.2) is 17.3 Å². The zero-order valence-electron chi connectivity index (χ0n) is 17.8. The Morgan fingerprint density at radius 1 is 1.17 bits per heavy atom. The zero-order valence-corrected chi connectivity index (χ0v) is 18.6. The van der Waals surface area contributed by atoms with Crippen molar-refractivity contribution in [2.45, 2.75) is 58.3 Å². The van der Waals surface area contributed by atoms with Crippen LogP contribution in [0.5, 0.6) is 11.5 Å². The molecule has 0 bridgehead atoms. The molecular formula is C23H30N2O4S. The van der Waals surface area contributed by atoms with Crippen LogP contribution in [-0.4, -0.2) is 36.9 Å². The first-order valence-corrected chi connectivity index (χ1v) is 11.4. The highest BCUT2D eigenvalue weighted by atomic mass is 32.1. The quantitative estimate of drug-likeness (QED) is 0.428. The number of hydrogen-bond donors (Lipinski definition) is 1. The van der Waals surface area contributed by atoms with Crippen LogP contribution in [0, 0.1) is 0 Å². The van der Waals surface area contributed by atoms with Gasteiger partial charge in [-0.3, -0.25) is 9.59 Å². The molecule has 1 aliphatic rings. The lowest BCUT2D eigenvalue weighted by Gasteiger charge is -2.11. The van der Waals surface area contributed by atoms with Gasteiger partial charge in [0.05, 0.1) is 24.4 Å². The minimum Gasteiger partial charge on any atom is -0.493 e. The van der Waals surface area contributed by atoms with E-state index in [1.54, 1.807) is 25.3 Å². The van der Waals surface area contributed by atoms with Gasteiger partial charge in [0.2, 0.25) is 5.91 Å². The zero-order chi connectivity index (χ0) is 21.3. The highest BCUT2D eigenvalue weighted by Gasteiger charge is 2.14. The second kappa shape index (κ2) is 11.1. The summed E-state index contributed by atoms with van der Waals surface area (Å²) in [5, 5.41) is 4.18. The topological polar surface area (TPSA) is 77.5 Å². The molecular weight excluding hydrogens is 400 g/mol. The second-order valence-corrected chi connectivity index (χ2v) is 8.68. The van der Waals surface area contributed by atoms with Crippen molar-refractivity contribution in [3.63, 3.8) is 0 Å². The van der Waals surface area contributed by atoms with Gasteiger partial charge in [-0.1, -0.05) is 0 Å². The molecule has 1 heterocycles. The molecule has 2 aromatic rings. The highest BCUT2D eigenvalue weighted by Crippen LogP contribution is 2.29. The van der Waals surface area contributed by atoms with E-state index >= 15 is 0 Å². The molecule has 0 aliphatic heterocycles. The van der Waals surface area contributed by atoms with E-state index in [9.17, 15) is 9.59 Å². The molecule has 162 valence electrons. The van der Waals surface area contributed by atoms with Crippen molar-refractivity contribution in [2.75, 3.05) is 20.3 Å². The van der Waals surface area contributed by atoms with Crippen LogP contribution < -0.4 is 14.8 Å². The number of rotatable bonds is 11. The minimum absolute atomic E-state index is 0.0222. The molecule has 0 unspecified atom stereocenters. The van der Waals surface area contributed by atoms with E-state index in [4.69, 9.17) is 14.5 Å². The van der Waals surface area contributed by atoms with E-state index in [0.717, 1.165) is 19.3 Å². The van der Waals surface area contributed by atoms with E-state index < -0.39 is 0 Å². The number of nitrogens with one attached hydrogen (secondary N) is 1. The summed E-state index contributed by atoms with van der Waals surface area (Å²) in [5.41, 5.74) is 1.88. The first kappa shape index (κ1) is 22.3. The Morgan fingerprint density at radius 3 is 2.77 bits per heavy atom. The molecule has 30 heavy (non-hydrogen) atoms. The fraction of sp³-hybridized carbons (Fsp3) is 0.522. The fourth-order valence-corrected chi connectivity index (χ4v) is 4.69. The lowest BCUT2D eigenvalue weighted by atomic mass is 10.0. The van der Waals surface area contributed by atoms with E-state index in [2.05, 4.69) is 5.32 Å². The molecule has 0 fully saturated rings. The van der Waals surface area contributed by atoms with Crippen LogP contribution in [0.2, 0.25) is 0 Å². The summed E-state index contributed by atoms with van der Waals surface area (Å²) in [4.78, 5) is 29.7. The minimum atomic E-state index is -0.0222. The van der Waals surface area contributed by atoms with Gasteiger partial charge in [0.25, 0.3) is 0 Å². The van der Waals surface area contributed by atoms with Gasteiger partial charge in [0, 0.05) is 29.8 Å². The predicted molar refractivity (Wildman–Crippen MR) is 118 cm³/mol. The number of aromatic nitrogens is 1. The molecule has 0 saturated heterocycles. The maximum Gasteiger partial charge on any atom is 0.220 e. The van der Waals surface area contributed by atoms with Crippen molar-refractivity contribution >= 4 is 23.0 Å². The Hall–Kier alpha value is -2.41. The molecule has 1 N–H and O–H groups in total. The molecule has 0 atom stereocenters. The number of Topliss-reactive ketones (excluding diaryl/α,β-unsaturated/α-hetero) is 1.